The Hall–Kier alpha value is -3.98. The molecule has 1 amide bonds. The molecule has 9 nitrogen and oxygen atoms in total. The van der Waals surface area contributed by atoms with E-state index in [4.69, 9.17) is 11.5 Å². The molecule has 6 N–H and O–H groups in total. The lowest BCUT2D eigenvalue weighted by Gasteiger charge is -2.15. The van der Waals surface area contributed by atoms with E-state index in [-0.39, 0.29) is 17.4 Å². The molecule has 1 fully saturated rings. The largest absolute Gasteiger partial charge is 0.382 e. The molecule has 9 heteroatoms. The normalized spacial score (nSPS) is 13.7. The predicted octanol–water partition coefficient (Wildman–Crippen LogP) is 4.29. The Bertz CT molecular complexity index is 1250. The molecule has 3 heterocycles. The van der Waals surface area contributed by atoms with Crippen molar-refractivity contribution in [3.05, 3.63) is 72.3 Å². The van der Waals surface area contributed by atoms with Gasteiger partial charge in [-0.3, -0.25) is 9.78 Å². The van der Waals surface area contributed by atoms with Crippen LogP contribution in [0, 0.1) is 6.92 Å². The van der Waals surface area contributed by atoms with Crippen LogP contribution in [0.2, 0.25) is 0 Å². The highest BCUT2D eigenvalue weighted by molar-refractivity contribution is 6.03. The van der Waals surface area contributed by atoms with Crippen LogP contribution < -0.4 is 22.1 Å². The second kappa shape index (κ2) is 10.8. The molecule has 0 spiro atoms. The second-order valence-electron chi connectivity index (χ2n) is 8.39. The SMILES string of the molecule is Cc1cc(NC(=O)c2cnc3c(Nc4ccccc4)cc(N)nn23)ccn1.NC1CCCCC1. The number of rotatable bonds is 4. The van der Waals surface area contributed by atoms with Gasteiger partial charge in [0.2, 0.25) is 0 Å². The summed E-state index contributed by atoms with van der Waals surface area (Å²) in [6, 6.07) is 15.4. The number of nitrogens with zero attached hydrogens (tertiary/aromatic N) is 4. The van der Waals surface area contributed by atoms with Crippen molar-refractivity contribution in [2.45, 2.75) is 45.1 Å². The maximum Gasteiger partial charge on any atom is 0.276 e. The van der Waals surface area contributed by atoms with Crippen LogP contribution in [0.3, 0.4) is 0 Å². The first-order valence-electron chi connectivity index (χ1n) is 11.5. The molecular formula is C25H30N8O. The number of nitrogens with one attached hydrogen (secondary N) is 2. The highest BCUT2D eigenvalue weighted by atomic mass is 16.2. The first kappa shape index (κ1) is 23.2. The van der Waals surface area contributed by atoms with Crippen LogP contribution >= 0.6 is 0 Å². The van der Waals surface area contributed by atoms with Crippen LogP contribution in [0.25, 0.3) is 5.65 Å². The van der Waals surface area contributed by atoms with Crippen molar-refractivity contribution in [1.29, 1.82) is 0 Å². The van der Waals surface area contributed by atoms with Crippen LogP contribution in [0.4, 0.5) is 22.9 Å². The van der Waals surface area contributed by atoms with Crippen molar-refractivity contribution >= 4 is 34.4 Å². The average Bonchev–Trinajstić information content (AvgIpc) is 3.25. The Morgan fingerprint density at radius 1 is 1.03 bits per heavy atom. The number of aromatic nitrogens is 4. The number of nitrogen functional groups attached to an aromatic ring is 1. The number of pyridine rings is 1. The lowest BCUT2D eigenvalue weighted by Crippen LogP contribution is -2.22. The lowest BCUT2D eigenvalue weighted by molar-refractivity contribution is 0.102. The average molecular weight is 459 g/mol. The molecule has 1 saturated carbocycles. The number of hydrogen-bond donors (Lipinski definition) is 4. The van der Waals surface area contributed by atoms with E-state index in [2.05, 4.69) is 25.7 Å². The first-order valence-corrected chi connectivity index (χ1v) is 11.5. The molecule has 0 atom stereocenters. The summed E-state index contributed by atoms with van der Waals surface area (Å²) in [6.45, 7) is 1.85. The summed E-state index contributed by atoms with van der Waals surface area (Å²) in [7, 11) is 0. The third-order valence-corrected chi connectivity index (χ3v) is 5.58. The van der Waals surface area contributed by atoms with Gasteiger partial charge in [-0.25, -0.2) is 9.50 Å². The zero-order valence-electron chi connectivity index (χ0n) is 19.2. The summed E-state index contributed by atoms with van der Waals surface area (Å²) in [5, 5.41) is 10.3. The number of carbonyl (C=O) groups is 1. The molecule has 4 aromatic rings. The Morgan fingerprint density at radius 2 is 1.79 bits per heavy atom. The molecule has 1 aliphatic rings. The topological polar surface area (TPSA) is 136 Å². The van der Waals surface area contributed by atoms with Gasteiger partial charge >= 0.3 is 0 Å². The van der Waals surface area contributed by atoms with E-state index in [1.165, 1.54) is 42.8 Å². The van der Waals surface area contributed by atoms with Gasteiger partial charge in [-0.2, -0.15) is 0 Å². The minimum atomic E-state index is -0.336. The van der Waals surface area contributed by atoms with Crippen molar-refractivity contribution in [3.63, 3.8) is 0 Å². The molecule has 0 saturated heterocycles. The van der Waals surface area contributed by atoms with Gasteiger partial charge in [-0.15, -0.1) is 5.10 Å². The lowest BCUT2D eigenvalue weighted by atomic mass is 9.97. The number of imidazole rings is 1. The highest BCUT2D eigenvalue weighted by Crippen LogP contribution is 2.23. The summed E-state index contributed by atoms with van der Waals surface area (Å²) < 4.78 is 1.43. The highest BCUT2D eigenvalue weighted by Gasteiger charge is 2.17. The standard InChI is InChI=1S/C19H17N7O.C6H13N/c1-12-9-14(7-8-21-12)24-19(27)16-11-22-18-15(10-17(20)25-26(16)18)23-13-5-3-2-4-6-13;7-6-4-2-1-3-5-6/h2-11,23H,1H3,(H2,20,25)(H,21,24,27);6H,1-5,7H2. The summed E-state index contributed by atoms with van der Waals surface area (Å²) in [6.07, 6.45) is 9.77. The maximum absolute atomic E-state index is 12.7. The van der Waals surface area contributed by atoms with Crippen molar-refractivity contribution < 1.29 is 4.79 Å². The monoisotopic (exact) mass is 458 g/mol. The number of amides is 1. The first-order chi connectivity index (χ1) is 16.5. The van der Waals surface area contributed by atoms with Gasteiger partial charge in [-0.1, -0.05) is 37.5 Å². The number of aryl methyl sites for hydroxylation is 1. The summed E-state index contributed by atoms with van der Waals surface area (Å²) in [5.74, 6) is -0.0652. The summed E-state index contributed by atoms with van der Waals surface area (Å²) >= 11 is 0. The number of benzene rings is 1. The Labute approximate surface area is 198 Å². The molecule has 1 aromatic carbocycles. The summed E-state index contributed by atoms with van der Waals surface area (Å²) in [5.41, 5.74) is 15.4. The van der Waals surface area contributed by atoms with E-state index < -0.39 is 0 Å². The molecule has 5 rings (SSSR count). The molecule has 0 bridgehead atoms. The van der Waals surface area contributed by atoms with Crippen LogP contribution in [0.15, 0.2) is 60.9 Å². The van der Waals surface area contributed by atoms with Crippen LogP contribution in [-0.2, 0) is 0 Å². The van der Waals surface area contributed by atoms with Gasteiger partial charge in [0.25, 0.3) is 5.91 Å². The predicted molar refractivity (Wildman–Crippen MR) is 135 cm³/mol. The molecule has 3 aromatic heterocycles. The summed E-state index contributed by atoms with van der Waals surface area (Å²) in [4.78, 5) is 21.2. The van der Waals surface area contributed by atoms with Crippen molar-refractivity contribution in [3.8, 4) is 0 Å². The van der Waals surface area contributed by atoms with Crippen molar-refractivity contribution in [1.82, 2.24) is 19.6 Å². The fourth-order valence-corrected chi connectivity index (χ4v) is 3.86. The Kier molecular flexibility index (Phi) is 7.34. The molecular weight excluding hydrogens is 428 g/mol. The fourth-order valence-electron chi connectivity index (χ4n) is 3.86. The smallest absolute Gasteiger partial charge is 0.276 e. The molecule has 1 aliphatic carbocycles. The van der Waals surface area contributed by atoms with E-state index in [1.807, 2.05) is 37.3 Å². The molecule has 0 aliphatic heterocycles. The van der Waals surface area contributed by atoms with Crippen LogP contribution in [-0.4, -0.2) is 31.5 Å². The number of hydrogen-bond acceptors (Lipinski definition) is 7. The van der Waals surface area contributed by atoms with Crippen molar-refractivity contribution in [2.75, 3.05) is 16.4 Å². The van der Waals surface area contributed by atoms with E-state index in [0.29, 0.717) is 23.1 Å². The maximum atomic E-state index is 12.7. The van der Waals surface area contributed by atoms with Gasteiger partial charge in [-0.05, 0) is 44.0 Å². The van der Waals surface area contributed by atoms with Crippen molar-refractivity contribution in [2.24, 2.45) is 5.73 Å². The van der Waals surface area contributed by atoms with E-state index in [1.54, 1.807) is 24.4 Å². The van der Waals surface area contributed by atoms with Gasteiger partial charge in [0.05, 0.1) is 11.9 Å². The third kappa shape index (κ3) is 5.87. The zero-order chi connectivity index (χ0) is 23.9. The number of carbonyl (C=O) groups excluding carboxylic acids is 1. The molecule has 0 unspecified atom stereocenters. The third-order valence-electron chi connectivity index (χ3n) is 5.58. The molecule has 0 radical (unpaired) electrons. The van der Waals surface area contributed by atoms with E-state index in [9.17, 15) is 4.79 Å². The number of para-hydroxylation sites is 1. The minimum absolute atomic E-state index is 0.271. The minimum Gasteiger partial charge on any atom is -0.382 e. The van der Waals surface area contributed by atoms with Gasteiger partial charge in [0, 0.05) is 35.4 Å². The number of anilines is 4. The number of nitrogens with two attached hydrogens (primary N) is 2. The molecule has 176 valence electrons. The van der Waals surface area contributed by atoms with E-state index in [0.717, 1.165) is 11.4 Å². The Balaban J connectivity index is 0.000000336. The van der Waals surface area contributed by atoms with Crippen LogP contribution in [0.1, 0.15) is 48.3 Å². The Morgan fingerprint density at radius 3 is 2.47 bits per heavy atom. The van der Waals surface area contributed by atoms with Gasteiger partial charge in [0.1, 0.15) is 5.82 Å². The zero-order valence-corrected chi connectivity index (χ0v) is 19.2. The van der Waals surface area contributed by atoms with Gasteiger partial charge < -0.3 is 22.1 Å². The van der Waals surface area contributed by atoms with E-state index >= 15 is 0 Å². The second-order valence-corrected chi connectivity index (χ2v) is 8.39. The quantitative estimate of drug-likeness (QED) is 0.358. The van der Waals surface area contributed by atoms with Gasteiger partial charge in [0.15, 0.2) is 11.3 Å². The fraction of sp³-hybridized carbons (Fsp3) is 0.280. The number of fused-ring (bicyclic) bond motifs is 1. The van der Waals surface area contributed by atoms with Crippen LogP contribution in [0.5, 0.6) is 0 Å². The molecule has 34 heavy (non-hydrogen) atoms.